The standard InChI is InChI=1S/C19H19N9O3S/c1-27(2)32(30,31)13-5-3-12(4-6-13)24-14-9-16(20)26-28-15(10-22-18(14)28)19(29)25-17-7-8-21-11-23-17/h3-11,24H,1-2H3,(H2,20,26)(H,21,23,25,29). The second-order valence-electron chi connectivity index (χ2n) is 6.85. The van der Waals surface area contributed by atoms with E-state index >= 15 is 0 Å². The topological polar surface area (TPSA) is 160 Å². The zero-order chi connectivity index (χ0) is 22.9. The number of nitrogen functional groups attached to an aromatic ring is 1. The molecule has 0 fully saturated rings. The first-order valence-electron chi connectivity index (χ1n) is 9.27. The lowest BCUT2D eigenvalue weighted by atomic mass is 10.3. The number of rotatable bonds is 6. The van der Waals surface area contributed by atoms with Crippen LogP contribution < -0.4 is 16.4 Å². The summed E-state index contributed by atoms with van der Waals surface area (Å²) in [7, 11) is -0.600. The van der Waals surface area contributed by atoms with Crippen molar-refractivity contribution in [3.8, 4) is 0 Å². The number of nitrogens with zero attached hydrogens (tertiary/aromatic N) is 6. The van der Waals surface area contributed by atoms with Gasteiger partial charge in [-0.1, -0.05) is 0 Å². The number of sulfonamides is 1. The van der Waals surface area contributed by atoms with E-state index in [-0.39, 0.29) is 16.4 Å². The number of aromatic nitrogens is 5. The highest BCUT2D eigenvalue weighted by Crippen LogP contribution is 2.25. The number of fused-ring (bicyclic) bond motifs is 1. The van der Waals surface area contributed by atoms with Crippen LogP contribution in [0.4, 0.5) is 23.0 Å². The van der Waals surface area contributed by atoms with E-state index in [1.807, 2.05) is 0 Å². The molecule has 0 aliphatic carbocycles. The van der Waals surface area contributed by atoms with E-state index in [0.29, 0.717) is 22.8 Å². The summed E-state index contributed by atoms with van der Waals surface area (Å²) in [4.78, 5) is 24.9. The van der Waals surface area contributed by atoms with E-state index < -0.39 is 15.9 Å². The van der Waals surface area contributed by atoms with Crippen LogP contribution in [0.5, 0.6) is 0 Å². The van der Waals surface area contributed by atoms with E-state index in [2.05, 4.69) is 30.7 Å². The third-order valence-corrected chi connectivity index (χ3v) is 6.28. The van der Waals surface area contributed by atoms with Crippen LogP contribution in [-0.4, -0.2) is 57.3 Å². The Balaban J connectivity index is 1.64. The Hall–Kier alpha value is -4.10. The van der Waals surface area contributed by atoms with E-state index in [4.69, 9.17) is 5.73 Å². The normalized spacial score (nSPS) is 11.6. The van der Waals surface area contributed by atoms with E-state index in [0.717, 1.165) is 4.31 Å². The number of imidazole rings is 1. The second-order valence-corrected chi connectivity index (χ2v) is 9.00. The third kappa shape index (κ3) is 4.06. The summed E-state index contributed by atoms with van der Waals surface area (Å²) in [6.07, 6.45) is 4.19. The fraction of sp³-hybridized carbons (Fsp3) is 0.105. The van der Waals surface area contributed by atoms with Gasteiger partial charge in [0, 0.05) is 32.0 Å². The summed E-state index contributed by atoms with van der Waals surface area (Å²) in [6, 6.07) is 9.34. The third-order valence-electron chi connectivity index (χ3n) is 4.45. The van der Waals surface area contributed by atoms with Crippen molar-refractivity contribution >= 4 is 44.6 Å². The Morgan fingerprint density at radius 3 is 2.53 bits per heavy atom. The largest absolute Gasteiger partial charge is 0.382 e. The van der Waals surface area contributed by atoms with Crippen molar-refractivity contribution in [2.24, 2.45) is 0 Å². The van der Waals surface area contributed by atoms with Gasteiger partial charge in [-0.25, -0.2) is 32.2 Å². The van der Waals surface area contributed by atoms with Gasteiger partial charge in [-0.3, -0.25) is 4.79 Å². The molecule has 4 rings (SSSR count). The van der Waals surface area contributed by atoms with Crippen molar-refractivity contribution < 1.29 is 13.2 Å². The number of anilines is 4. The van der Waals surface area contributed by atoms with Crippen molar-refractivity contribution in [1.82, 2.24) is 28.9 Å². The number of amides is 1. The van der Waals surface area contributed by atoms with Crippen LogP contribution in [0.1, 0.15) is 10.5 Å². The number of carbonyl (C=O) groups is 1. The average Bonchev–Trinajstić information content (AvgIpc) is 3.19. The minimum atomic E-state index is -3.53. The highest BCUT2D eigenvalue weighted by molar-refractivity contribution is 7.89. The quantitative estimate of drug-likeness (QED) is 0.391. The van der Waals surface area contributed by atoms with Crippen molar-refractivity contribution in [1.29, 1.82) is 0 Å². The Morgan fingerprint density at radius 1 is 1.12 bits per heavy atom. The molecule has 12 nitrogen and oxygen atoms in total. The summed E-state index contributed by atoms with van der Waals surface area (Å²) in [6.45, 7) is 0. The van der Waals surface area contributed by atoms with Crippen LogP contribution in [0, 0.1) is 0 Å². The SMILES string of the molecule is CN(C)S(=O)(=O)c1ccc(Nc2cc(N)nn3c(C(=O)Nc4ccncn4)cnc23)cc1. The van der Waals surface area contributed by atoms with Gasteiger partial charge in [0.05, 0.1) is 16.8 Å². The van der Waals surface area contributed by atoms with Crippen molar-refractivity contribution in [3.63, 3.8) is 0 Å². The van der Waals surface area contributed by atoms with Crippen molar-refractivity contribution in [2.45, 2.75) is 4.90 Å². The fourth-order valence-electron chi connectivity index (χ4n) is 2.86. The predicted molar refractivity (Wildman–Crippen MR) is 118 cm³/mol. The molecule has 0 saturated heterocycles. The van der Waals surface area contributed by atoms with E-state index in [9.17, 15) is 13.2 Å². The second kappa shape index (κ2) is 8.20. The molecule has 1 amide bonds. The highest BCUT2D eigenvalue weighted by atomic mass is 32.2. The molecule has 0 atom stereocenters. The maximum Gasteiger partial charge on any atom is 0.277 e. The lowest BCUT2D eigenvalue weighted by Gasteiger charge is -2.13. The zero-order valence-electron chi connectivity index (χ0n) is 17.1. The fourth-order valence-corrected chi connectivity index (χ4v) is 3.76. The van der Waals surface area contributed by atoms with Crippen molar-refractivity contribution in [3.05, 3.63) is 60.8 Å². The van der Waals surface area contributed by atoms with Gasteiger partial charge in [-0.05, 0) is 30.3 Å². The van der Waals surface area contributed by atoms with Crippen molar-refractivity contribution in [2.75, 3.05) is 30.5 Å². The van der Waals surface area contributed by atoms with E-state index in [1.54, 1.807) is 24.3 Å². The molecule has 0 aliphatic heterocycles. The molecule has 0 radical (unpaired) electrons. The molecule has 0 saturated carbocycles. The van der Waals surface area contributed by atoms with Gasteiger partial charge in [-0.15, -0.1) is 5.10 Å². The number of nitrogens with one attached hydrogen (secondary N) is 2. The van der Waals surface area contributed by atoms with Crippen LogP contribution in [-0.2, 0) is 10.0 Å². The Labute approximate surface area is 183 Å². The summed E-state index contributed by atoms with van der Waals surface area (Å²) >= 11 is 0. The summed E-state index contributed by atoms with van der Waals surface area (Å²) in [5.74, 6) is 0.00866. The number of nitrogens with two attached hydrogens (primary N) is 1. The molecule has 0 aliphatic rings. The van der Waals surface area contributed by atoms with Gasteiger partial charge in [-0.2, -0.15) is 0 Å². The van der Waals surface area contributed by atoms with E-state index in [1.165, 1.54) is 49.5 Å². The monoisotopic (exact) mass is 453 g/mol. The van der Waals surface area contributed by atoms with Gasteiger partial charge >= 0.3 is 0 Å². The molecule has 1 aromatic carbocycles. The van der Waals surface area contributed by atoms with Crippen LogP contribution in [0.3, 0.4) is 0 Å². The maximum absolute atomic E-state index is 12.7. The first-order chi connectivity index (χ1) is 15.3. The molecular weight excluding hydrogens is 434 g/mol. The van der Waals surface area contributed by atoms with Crippen LogP contribution in [0.2, 0.25) is 0 Å². The molecule has 4 aromatic rings. The Bertz CT molecular complexity index is 1390. The predicted octanol–water partition coefficient (Wildman–Crippen LogP) is 1.35. The van der Waals surface area contributed by atoms with Gasteiger partial charge in [0.1, 0.15) is 18.0 Å². The summed E-state index contributed by atoms with van der Waals surface area (Å²) in [5.41, 5.74) is 7.54. The first kappa shape index (κ1) is 21.1. The Morgan fingerprint density at radius 2 is 1.88 bits per heavy atom. The van der Waals surface area contributed by atoms with Gasteiger partial charge in [0.25, 0.3) is 5.91 Å². The maximum atomic E-state index is 12.7. The minimum Gasteiger partial charge on any atom is -0.382 e. The van der Waals surface area contributed by atoms with Crippen LogP contribution in [0.15, 0.2) is 60.0 Å². The molecule has 13 heteroatoms. The lowest BCUT2D eigenvalue weighted by molar-refractivity contribution is 0.102. The molecule has 3 aromatic heterocycles. The first-order valence-corrected chi connectivity index (χ1v) is 10.7. The summed E-state index contributed by atoms with van der Waals surface area (Å²) in [5, 5.41) is 9.95. The zero-order valence-corrected chi connectivity index (χ0v) is 17.9. The average molecular weight is 453 g/mol. The van der Waals surface area contributed by atoms with Crippen LogP contribution >= 0.6 is 0 Å². The number of hydrogen-bond donors (Lipinski definition) is 3. The molecule has 164 valence electrons. The summed E-state index contributed by atoms with van der Waals surface area (Å²) < 4.78 is 26.9. The smallest absolute Gasteiger partial charge is 0.277 e. The minimum absolute atomic E-state index is 0.154. The van der Waals surface area contributed by atoms with Gasteiger partial charge in [0.2, 0.25) is 10.0 Å². The number of benzene rings is 1. The molecule has 0 bridgehead atoms. The molecule has 0 spiro atoms. The number of carbonyl (C=O) groups excluding carboxylic acids is 1. The van der Waals surface area contributed by atoms with Gasteiger partial charge in [0.15, 0.2) is 11.3 Å². The molecular formula is C19H19N9O3S. The Kier molecular flexibility index (Phi) is 5.42. The van der Waals surface area contributed by atoms with Gasteiger partial charge < -0.3 is 16.4 Å². The number of hydrogen-bond acceptors (Lipinski definition) is 9. The van der Waals surface area contributed by atoms with Crippen LogP contribution in [0.25, 0.3) is 5.65 Å². The molecule has 0 unspecified atom stereocenters. The molecule has 4 N–H and O–H groups in total. The highest BCUT2D eigenvalue weighted by Gasteiger charge is 2.19. The molecule has 3 heterocycles. The molecule has 32 heavy (non-hydrogen) atoms. The lowest BCUT2D eigenvalue weighted by Crippen LogP contribution is -2.22.